The monoisotopic (exact) mass is 272 g/mol. The van der Waals surface area contributed by atoms with Gasteiger partial charge in [0.2, 0.25) is 0 Å². The number of carbonyl (C=O) groups is 2. The van der Waals surface area contributed by atoms with Crippen LogP contribution in [-0.2, 0) is 4.74 Å². The molecule has 0 spiro atoms. The van der Waals surface area contributed by atoms with Gasteiger partial charge in [-0.05, 0) is 6.92 Å². The average molecular weight is 272 g/mol. The topological polar surface area (TPSA) is 79.7 Å². The van der Waals surface area contributed by atoms with Gasteiger partial charge >= 0.3 is 5.97 Å². The minimum absolute atomic E-state index is 0.175. The van der Waals surface area contributed by atoms with E-state index in [4.69, 9.17) is 9.84 Å². The third kappa shape index (κ3) is 3.51. The smallest absolute Gasteiger partial charge is 0.356 e. The van der Waals surface area contributed by atoms with Gasteiger partial charge in [-0.2, -0.15) is 0 Å². The Bertz CT molecular complexity index is 413. The molecule has 7 heteroatoms. The predicted molar refractivity (Wildman–Crippen MR) is 68.8 cm³/mol. The lowest BCUT2D eigenvalue weighted by molar-refractivity contribution is 0.0687. The molecule has 1 N–H and O–H groups in total. The van der Waals surface area contributed by atoms with Crippen molar-refractivity contribution in [3.63, 3.8) is 0 Å². The first-order valence-electron chi connectivity index (χ1n) is 5.51. The molecular weight excluding hydrogens is 256 g/mol. The third-order valence-corrected chi connectivity index (χ3v) is 3.51. The highest BCUT2D eigenvalue weighted by Crippen LogP contribution is 2.26. The fraction of sp³-hybridized carbons (Fsp3) is 0.545. The molecule has 0 radical (unpaired) electrons. The molecule has 0 aliphatic carbocycles. The fourth-order valence-corrected chi connectivity index (χ4v) is 2.24. The lowest BCUT2D eigenvalue weighted by Gasteiger charge is -2.14. The summed E-state index contributed by atoms with van der Waals surface area (Å²) in [6.45, 7) is 5.00. The first-order chi connectivity index (χ1) is 8.47. The molecule has 6 nitrogen and oxygen atoms in total. The van der Waals surface area contributed by atoms with Gasteiger partial charge in [0.25, 0.3) is 0 Å². The number of likely N-dealkylation sites (N-methyl/N-ethyl adjacent to an activating group) is 1. The van der Waals surface area contributed by atoms with Gasteiger partial charge in [0.05, 0.1) is 6.61 Å². The quantitative estimate of drug-likeness (QED) is 0.599. The molecular formula is C11H16N2O4S. The maximum atomic E-state index is 11.3. The number of hydrogen-bond donors (Lipinski definition) is 1. The molecule has 0 aromatic carbocycles. The molecule has 0 aliphatic heterocycles. The molecule has 0 amide bonds. The summed E-state index contributed by atoms with van der Waals surface area (Å²) in [5, 5.41) is 9.48. The van der Waals surface area contributed by atoms with Gasteiger partial charge in [-0.15, -0.1) is 0 Å². The van der Waals surface area contributed by atoms with Gasteiger partial charge in [0.15, 0.2) is 16.6 Å². The average Bonchev–Trinajstić information content (AvgIpc) is 2.74. The Morgan fingerprint density at radius 3 is 2.61 bits per heavy atom. The number of carboxylic acids is 1. The summed E-state index contributed by atoms with van der Waals surface area (Å²) in [7, 11) is 1.79. The minimum atomic E-state index is -1.18. The number of rotatable bonds is 7. The summed E-state index contributed by atoms with van der Waals surface area (Å²) in [6, 6.07) is 0. The number of carbonyl (C=O) groups excluding carboxylic acids is 1. The zero-order chi connectivity index (χ0) is 13.7. The van der Waals surface area contributed by atoms with E-state index in [1.807, 2.05) is 6.92 Å². The van der Waals surface area contributed by atoms with E-state index in [2.05, 4.69) is 4.98 Å². The molecule has 0 bridgehead atoms. The Morgan fingerprint density at radius 1 is 1.50 bits per heavy atom. The molecule has 100 valence electrons. The Kier molecular flexibility index (Phi) is 5.24. The van der Waals surface area contributed by atoms with Crippen molar-refractivity contribution in [1.29, 1.82) is 0 Å². The van der Waals surface area contributed by atoms with Crippen molar-refractivity contribution in [3.8, 4) is 0 Å². The summed E-state index contributed by atoms with van der Waals surface area (Å²) in [6.07, 6.45) is 0. The van der Waals surface area contributed by atoms with Crippen LogP contribution in [0.4, 0.5) is 5.13 Å². The molecule has 0 saturated heterocycles. The predicted octanol–water partition coefficient (Wildman–Crippen LogP) is 1.52. The molecule has 18 heavy (non-hydrogen) atoms. The number of ketones is 1. The second-order valence-corrected chi connectivity index (χ2v) is 4.63. The van der Waals surface area contributed by atoms with E-state index in [1.54, 1.807) is 11.9 Å². The first kappa shape index (κ1) is 14.6. The SMILES string of the molecule is CCOCCN(C)c1nc(C(=O)O)c(C(C)=O)s1. The molecule has 0 atom stereocenters. The maximum Gasteiger partial charge on any atom is 0.356 e. The summed E-state index contributed by atoms with van der Waals surface area (Å²) < 4.78 is 5.21. The van der Waals surface area contributed by atoms with Crippen LogP contribution in [0.1, 0.15) is 34.0 Å². The summed E-state index contributed by atoms with van der Waals surface area (Å²) in [5.74, 6) is -1.46. The number of aromatic carboxylic acids is 1. The number of anilines is 1. The highest BCUT2D eigenvalue weighted by atomic mass is 32.1. The molecule has 0 fully saturated rings. The lowest BCUT2D eigenvalue weighted by Crippen LogP contribution is -2.22. The molecule has 1 heterocycles. The number of carboxylic acid groups (broad SMARTS) is 1. The van der Waals surface area contributed by atoms with Crippen molar-refractivity contribution in [1.82, 2.24) is 4.98 Å². The van der Waals surface area contributed by atoms with Gasteiger partial charge in [-0.25, -0.2) is 9.78 Å². The molecule has 0 saturated carbocycles. The highest BCUT2D eigenvalue weighted by molar-refractivity contribution is 7.17. The van der Waals surface area contributed by atoms with Gasteiger partial charge in [0.1, 0.15) is 4.88 Å². The minimum Gasteiger partial charge on any atom is -0.476 e. The Morgan fingerprint density at radius 2 is 2.17 bits per heavy atom. The second kappa shape index (κ2) is 6.46. The molecule has 0 aliphatic rings. The van der Waals surface area contributed by atoms with E-state index in [-0.39, 0.29) is 16.4 Å². The van der Waals surface area contributed by atoms with Gasteiger partial charge in [-0.1, -0.05) is 11.3 Å². The van der Waals surface area contributed by atoms with Crippen molar-refractivity contribution in [3.05, 3.63) is 10.6 Å². The number of thiazole rings is 1. The highest BCUT2D eigenvalue weighted by Gasteiger charge is 2.21. The van der Waals surface area contributed by atoms with Crippen LogP contribution in [0.3, 0.4) is 0 Å². The van der Waals surface area contributed by atoms with Gasteiger partial charge < -0.3 is 14.7 Å². The molecule has 1 rings (SSSR count). The zero-order valence-electron chi connectivity index (χ0n) is 10.6. The van der Waals surface area contributed by atoms with Crippen molar-refractivity contribution in [2.75, 3.05) is 31.7 Å². The van der Waals surface area contributed by atoms with Gasteiger partial charge in [0, 0.05) is 27.1 Å². The van der Waals surface area contributed by atoms with Crippen molar-refractivity contribution in [2.24, 2.45) is 0 Å². The zero-order valence-corrected chi connectivity index (χ0v) is 11.4. The van der Waals surface area contributed by atoms with Crippen molar-refractivity contribution in [2.45, 2.75) is 13.8 Å². The van der Waals surface area contributed by atoms with Crippen LogP contribution in [0.15, 0.2) is 0 Å². The van der Waals surface area contributed by atoms with Crippen LogP contribution in [0.5, 0.6) is 0 Å². The summed E-state index contributed by atoms with van der Waals surface area (Å²) in [5.41, 5.74) is -0.175. The van der Waals surface area contributed by atoms with E-state index in [1.165, 1.54) is 6.92 Å². The standard InChI is InChI=1S/C11H16N2O4S/c1-4-17-6-5-13(3)11-12-8(10(15)16)9(18-11)7(2)14/h4-6H2,1-3H3,(H,15,16). The van der Waals surface area contributed by atoms with Crippen LogP contribution in [0.25, 0.3) is 0 Å². The normalized spacial score (nSPS) is 10.4. The summed E-state index contributed by atoms with van der Waals surface area (Å²) >= 11 is 1.09. The maximum absolute atomic E-state index is 11.3. The van der Waals surface area contributed by atoms with Crippen LogP contribution in [0, 0.1) is 0 Å². The lowest BCUT2D eigenvalue weighted by atomic mass is 10.3. The van der Waals surface area contributed by atoms with Crippen molar-refractivity contribution >= 4 is 28.2 Å². The van der Waals surface area contributed by atoms with Crippen LogP contribution in [-0.4, -0.2) is 48.6 Å². The molecule has 1 aromatic rings. The Balaban J connectivity index is 2.87. The molecule has 1 aromatic heterocycles. The molecule has 0 unspecified atom stereocenters. The van der Waals surface area contributed by atoms with Gasteiger partial charge in [-0.3, -0.25) is 4.79 Å². The second-order valence-electron chi connectivity index (χ2n) is 3.65. The Hall–Kier alpha value is -1.47. The fourth-order valence-electron chi connectivity index (χ4n) is 1.30. The van der Waals surface area contributed by atoms with E-state index in [0.717, 1.165) is 11.3 Å². The van der Waals surface area contributed by atoms with Crippen molar-refractivity contribution < 1.29 is 19.4 Å². The Labute approximate surface area is 109 Å². The van der Waals surface area contributed by atoms with Crippen LogP contribution < -0.4 is 4.90 Å². The third-order valence-electron chi connectivity index (χ3n) is 2.24. The first-order valence-corrected chi connectivity index (χ1v) is 6.33. The summed E-state index contributed by atoms with van der Waals surface area (Å²) in [4.78, 5) is 28.2. The number of aromatic nitrogens is 1. The number of hydrogen-bond acceptors (Lipinski definition) is 6. The van der Waals surface area contributed by atoms with E-state index >= 15 is 0 Å². The number of ether oxygens (including phenoxy) is 1. The largest absolute Gasteiger partial charge is 0.476 e. The van der Waals surface area contributed by atoms with Crippen LogP contribution >= 0.6 is 11.3 Å². The van der Waals surface area contributed by atoms with E-state index in [0.29, 0.717) is 24.9 Å². The van der Waals surface area contributed by atoms with E-state index < -0.39 is 5.97 Å². The van der Waals surface area contributed by atoms with E-state index in [9.17, 15) is 9.59 Å². The number of Topliss-reactive ketones (excluding diaryl/α,β-unsaturated/α-hetero) is 1. The van der Waals surface area contributed by atoms with Crippen LogP contribution in [0.2, 0.25) is 0 Å². The number of nitrogens with zero attached hydrogens (tertiary/aromatic N) is 2.